The normalized spacial score (nSPS) is 12.6. The molecule has 2 nitrogen and oxygen atoms in total. The van der Waals surface area contributed by atoms with Crippen LogP contribution in [0.15, 0.2) is 24.3 Å². The van der Waals surface area contributed by atoms with Crippen LogP contribution >= 0.6 is 15.9 Å². The van der Waals surface area contributed by atoms with Crippen LogP contribution in [0.1, 0.15) is 38.7 Å². The number of hydrogen-bond acceptors (Lipinski definition) is 1. The number of halogens is 1. The summed E-state index contributed by atoms with van der Waals surface area (Å²) in [5.41, 5.74) is 2.09. The number of nitrogens with one attached hydrogen (secondary N) is 1. The lowest BCUT2D eigenvalue weighted by molar-refractivity contribution is -0.115. The van der Waals surface area contributed by atoms with Gasteiger partial charge in [-0.1, -0.05) is 54.9 Å². The summed E-state index contributed by atoms with van der Waals surface area (Å²) in [4.78, 5) is 11.6. The third-order valence-electron chi connectivity index (χ3n) is 2.48. The molecule has 1 aromatic carbocycles. The molecule has 1 unspecified atom stereocenters. The van der Waals surface area contributed by atoms with Crippen molar-refractivity contribution < 1.29 is 4.79 Å². The highest BCUT2D eigenvalue weighted by molar-refractivity contribution is 9.10. The molecular weight excluding hydrogens is 266 g/mol. The van der Waals surface area contributed by atoms with Crippen LogP contribution in [-0.2, 0) is 4.79 Å². The third-order valence-corrected chi connectivity index (χ3v) is 3.55. The van der Waals surface area contributed by atoms with Gasteiger partial charge >= 0.3 is 0 Å². The molecule has 0 aromatic heterocycles. The monoisotopic (exact) mass is 283 g/mol. The second-order valence-corrected chi connectivity index (χ2v) is 5.21. The Labute approximate surface area is 106 Å². The third kappa shape index (κ3) is 3.34. The van der Waals surface area contributed by atoms with Gasteiger partial charge in [-0.25, -0.2) is 0 Å². The average molecular weight is 284 g/mol. The second kappa shape index (κ2) is 6.04. The highest BCUT2D eigenvalue weighted by Gasteiger charge is 2.14. The van der Waals surface area contributed by atoms with Crippen molar-refractivity contribution in [2.45, 2.75) is 37.9 Å². The van der Waals surface area contributed by atoms with E-state index < -0.39 is 0 Å². The van der Waals surface area contributed by atoms with E-state index in [4.69, 9.17) is 0 Å². The van der Waals surface area contributed by atoms with E-state index in [1.54, 1.807) is 0 Å². The van der Waals surface area contributed by atoms with Gasteiger partial charge in [-0.05, 0) is 24.0 Å². The Kier molecular flexibility index (Phi) is 5.00. The van der Waals surface area contributed by atoms with Crippen LogP contribution in [0.3, 0.4) is 0 Å². The van der Waals surface area contributed by atoms with Crippen LogP contribution in [0, 0.1) is 0 Å². The number of rotatable bonds is 4. The summed E-state index contributed by atoms with van der Waals surface area (Å²) in [5.74, 6) is 0.433. The van der Waals surface area contributed by atoms with Crippen molar-refractivity contribution in [2.75, 3.05) is 5.32 Å². The summed E-state index contributed by atoms with van der Waals surface area (Å²) in [5, 5.41) is 2.96. The first-order valence-corrected chi connectivity index (χ1v) is 6.51. The molecule has 1 atom stereocenters. The summed E-state index contributed by atoms with van der Waals surface area (Å²) in [6.07, 6.45) is 0.787. The molecule has 0 spiro atoms. The molecule has 0 fully saturated rings. The molecule has 16 heavy (non-hydrogen) atoms. The second-order valence-electron chi connectivity index (χ2n) is 4.11. The fourth-order valence-electron chi connectivity index (χ4n) is 1.51. The highest BCUT2D eigenvalue weighted by atomic mass is 79.9. The molecule has 0 aliphatic rings. The van der Waals surface area contributed by atoms with Crippen LogP contribution in [0.2, 0.25) is 0 Å². The molecule has 0 bridgehead atoms. The maximum absolute atomic E-state index is 11.8. The lowest BCUT2D eigenvalue weighted by atomic mass is 10.0. The fraction of sp³-hybridized carbons (Fsp3) is 0.462. The molecule has 1 rings (SSSR count). The zero-order chi connectivity index (χ0) is 12.1. The van der Waals surface area contributed by atoms with Crippen LogP contribution < -0.4 is 5.32 Å². The van der Waals surface area contributed by atoms with Crippen molar-refractivity contribution in [3.05, 3.63) is 29.8 Å². The summed E-state index contributed by atoms with van der Waals surface area (Å²) in [7, 11) is 0. The van der Waals surface area contributed by atoms with Crippen molar-refractivity contribution >= 4 is 27.5 Å². The van der Waals surface area contributed by atoms with Crippen molar-refractivity contribution in [3.63, 3.8) is 0 Å². The van der Waals surface area contributed by atoms with Gasteiger partial charge in [-0.2, -0.15) is 0 Å². The number of benzene rings is 1. The van der Waals surface area contributed by atoms with Gasteiger partial charge in [0.2, 0.25) is 5.91 Å². The van der Waals surface area contributed by atoms with Crippen molar-refractivity contribution in [2.24, 2.45) is 0 Å². The minimum atomic E-state index is -0.118. The number of amides is 1. The van der Waals surface area contributed by atoms with E-state index in [1.807, 2.05) is 25.1 Å². The number of hydrogen-bond donors (Lipinski definition) is 1. The maximum Gasteiger partial charge on any atom is 0.238 e. The van der Waals surface area contributed by atoms with Gasteiger partial charge in [0.1, 0.15) is 0 Å². The molecular formula is C13H18BrNO. The van der Waals surface area contributed by atoms with Crippen LogP contribution in [0.5, 0.6) is 0 Å². The van der Waals surface area contributed by atoms with Gasteiger partial charge in [-0.3, -0.25) is 4.79 Å². The van der Waals surface area contributed by atoms with Crippen LogP contribution in [-0.4, -0.2) is 10.7 Å². The standard InChI is InChI=1S/C13H18BrNO/c1-4-11(14)13(16)15-12-8-6-5-7-10(12)9(2)3/h5-9,11H,4H2,1-3H3,(H,15,16). The van der Waals surface area contributed by atoms with Gasteiger partial charge in [0.25, 0.3) is 0 Å². The smallest absolute Gasteiger partial charge is 0.238 e. The lowest BCUT2D eigenvalue weighted by Gasteiger charge is -2.15. The van der Waals surface area contributed by atoms with Crippen molar-refractivity contribution in [3.8, 4) is 0 Å². The Morgan fingerprint density at radius 3 is 2.56 bits per heavy atom. The molecule has 0 aliphatic heterocycles. The first-order chi connectivity index (χ1) is 7.56. The van der Waals surface area contributed by atoms with Crippen LogP contribution in [0.4, 0.5) is 5.69 Å². The number of carbonyl (C=O) groups excluding carboxylic acids is 1. The molecule has 0 aliphatic carbocycles. The highest BCUT2D eigenvalue weighted by Crippen LogP contribution is 2.24. The van der Waals surface area contributed by atoms with Crippen molar-refractivity contribution in [1.29, 1.82) is 0 Å². The van der Waals surface area contributed by atoms with E-state index in [-0.39, 0.29) is 10.7 Å². The SMILES string of the molecule is CCC(Br)C(=O)Nc1ccccc1C(C)C. The Morgan fingerprint density at radius 1 is 1.38 bits per heavy atom. The molecule has 0 radical (unpaired) electrons. The zero-order valence-corrected chi connectivity index (χ0v) is 11.5. The average Bonchev–Trinajstić information content (AvgIpc) is 2.28. The Balaban J connectivity index is 2.84. The summed E-state index contributed by atoms with van der Waals surface area (Å²) >= 11 is 3.35. The lowest BCUT2D eigenvalue weighted by Crippen LogP contribution is -2.22. The van der Waals surface area contributed by atoms with E-state index >= 15 is 0 Å². The summed E-state index contributed by atoms with van der Waals surface area (Å²) in [6, 6.07) is 7.94. The van der Waals surface area contributed by atoms with E-state index in [0.29, 0.717) is 5.92 Å². The van der Waals surface area contributed by atoms with Crippen molar-refractivity contribution in [1.82, 2.24) is 0 Å². The molecule has 3 heteroatoms. The van der Waals surface area contributed by atoms with E-state index in [9.17, 15) is 4.79 Å². The Bertz CT molecular complexity index is 363. The largest absolute Gasteiger partial charge is 0.325 e. The molecule has 0 saturated carbocycles. The zero-order valence-electron chi connectivity index (χ0n) is 9.96. The van der Waals surface area contributed by atoms with Gasteiger partial charge in [0, 0.05) is 5.69 Å². The minimum Gasteiger partial charge on any atom is -0.325 e. The molecule has 0 saturated heterocycles. The predicted molar refractivity (Wildman–Crippen MR) is 72.2 cm³/mol. The molecule has 1 aromatic rings. The van der Waals surface area contributed by atoms with Gasteiger partial charge < -0.3 is 5.32 Å². The van der Waals surface area contributed by atoms with Gasteiger partial charge in [-0.15, -0.1) is 0 Å². The minimum absolute atomic E-state index is 0.0237. The number of para-hydroxylation sites is 1. The molecule has 1 N–H and O–H groups in total. The topological polar surface area (TPSA) is 29.1 Å². The van der Waals surface area contributed by atoms with Gasteiger partial charge in [0.05, 0.1) is 4.83 Å². The molecule has 0 heterocycles. The fourth-order valence-corrected chi connectivity index (χ4v) is 1.63. The summed E-state index contributed by atoms with van der Waals surface area (Å²) in [6.45, 7) is 6.22. The molecule has 1 amide bonds. The Hall–Kier alpha value is -0.830. The quantitative estimate of drug-likeness (QED) is 0.834. The first kappa shape index (κ1) is 13.2. The Morgan fingerprint density at radius 2 is 2.00 bits per heavy atom. The molecule has 88 valence electrons. The van der Waals surface area contributed by atoms with Crippen LogP contribution in [0.25, 0.3) is 0 Å². The van der Waals surface area contributed by atoms with Gasteiger partial charge in [0.15, 0.2) is 0 Å². The number of anilines is 1. The summed E-state index contributed by atoms with van der Waals surface area (Å²) < 4.78 is 0. The number of carbonyl (C=O) groups is 1. The van der Waals surface area contributed by atoms with E-state index in [0.717, 1.165) is 12.1 Å². The maximum atomic E-state index is 11.8. The predicted octanol–water partition coefficient (Wildman–Crippen LogP) is 3.92. The number of alkyl halides is 1. The van der Waals surface area contributed by atoms with E-state index in [2.05, 4.69) is 41.2 Å². The van der Waals surface area contributed by atoms with E-state index in [1.165, 1.54) is 5.56 Å². The first-order valence-electron chi connectivity index (χ1n) is 5.60.